The van der Waals surface area contributed by atoms with Gasteiger partial charge in [-0.2, -0.15) is 0 Å². The Kier molecular flexibility index (Phi) is 5.61. The first-order chi connectivity index (χ1) is 10.3. The molecule has 0 aliphatic carbocycles. The van der Waals surface area contributed by atoms with Gasteiger partial charge in [0.25, 0.3) is 0 Å². The van der Waals surface area contributed by atoms with E-state index < -0.39 is 0 Å². The number of carbonyl (C=O) groups excluding carboxylic acids is 1. The van der Waals surface area contributed by atoms with Gasteiger partial charge in [-0.3, -0.25) is 4.79 Å². The van der Waals surface area contributed by atoms with Crippen LogP contribution in [-0.4, -0.2) is 34.9 Å². The van der Waals surface area contributed by atoms with Crippen LogP contribution in [-0.2, 0) is 16.8 Å². The summed E-state index contributed by atoms with van der Waals surface area (Å²) in [7, 11) is 0. The van der Waals surface area contributed by atoms with Crippen molar-refractivity contribution in [2.24, 2.45) is 5.92 Å². The standard InChI is InChI=1S/C17H29N3OS/c1-6-13-11-20(12(2)21)8-7-15(13)18-9-14-10-19-16(22-14)17(3,4)5/h10,13,15,18H,6-9,11H2,1-5H3/t13-,15+/m1/s1. The van der Waals surface area contributed by atoms with Gasteiger partial charge < -0.3 is 10.2 Å². The van der Waals surface area contributed by atoms with Crippen LogP contribution in [0.1, 0.15) is 57.3 Å². The van der Waals surface area contributed by atoms with E-state index in [-0.39, 0.29) is 11.3 Å². The summed E-state index contributed by atoms with van der Waals surface area (Å²) in [5.41, 5.74) is 0.127. The van der Waals surface area contributed by atoms with Gasteiger partial charge in [-0.15, -0.1) is 11.3 Å². The van der Waals surface area contributed by atoms with E-state index in [4.69, 9.17) is 0 Å². The topological polar surface area (TPSA) is 45.2 Å². The molecule has 1 aromatic rings. The van der Waals surface area contributed by atoms with E-state index in [1.165, 1.54) is 9.88 Å². The molecule has 4 nitrogen and oxygen atoms in total. The van der Waals surface area contributed by atoms with Gasteiger partial charge in [0.1, 0.15) is 0 Å². The number of aromatic nitrogens is 1. The van der Waals surface area contributed by atoms with Crippen LogP contribution in [0.3, 0.4) is 0 Å². The minimum absolute atomic E-state index is 0.127. The first-order valence-corrected chi connectivity index (χ1v) is 9.07. The summed E-state index contributed by atoms with van der Waals surface area (Å²) in [6.45, 7) is 13.1. The first kappa shape index (κ1) is 17.4. The predicted octanol–water partition coefficient (Wildman–Crippen LogP) is 3.18. The molecule has 124 valence electrons. The average molecular weight is 324 g/mol. The molecule has 1 saturated heterocycles. The van der Waals surface area contributed by atoms with E-state index in [1.807, 2.05) is 11.1 Å². The number of amides is 1. The molecule has 2 rings (SSSR count). The minimum atomic E-state index is 0.127. The Hall–Kier alpha value is -0.940. The van der Waals surface area contributed by atoms with Crippen LogP contribution in [0.15, 0.2) is 6.20 Å². The van der Waals surface area contributed by atoms with Crippen molar-refractivity contribution >= 4 is 17.2 Å². The number of piperidine rings is 1. The molecule has 0 bridgehead atoms. The number of nitrogens with one attached hydrogen (secondary N) is 1. The Morgan fingerprint density at radius 3 is 2.77 bits per heavy atom. The Morgan fingerprint density at radius 2 is 2.23 bits per heavy atom. The third kappa shape index (κ3) is 4.29. The summed E-state index contributed by atoms with van der Waals surface area (Å²) in [5, 5.41) is 4.89. The van der Waals surface area contributed by atoms with Crippen molar-refractivity contribution in [1.29, 1.82) is 0 Å². The SMILES string of the molecule is CC[C@@H]1CN(C(C)=O)CC[C@@H]1NCc1cnc(C(C)(C)C)s1. The number of hydrogen-bond acceptors (Lipinski definition) is 4. The second kappa shape index (κ2) is 7.09. The third-order valence-corrected chi connectivity index (χ3v) is 5.86. The quantitative estimate of drug-likeness (QED) is 0.925. The molecule has 22 heavy (non-hydrogen) atoms. The fourth-order valence-corrected chi connectivity index (χ4v) is 3.89. The van der Waals surface area contributed by atoms with E-state index in [0.29, 0.717) is 12.0 Å². The van der Waals surface area contributed by atoms with Gasteiger partial charge in [-0.1, -0.05) is 34.1 Å². The normalized spacial score (nSPS) is 22.9. The number of carbonyl (C=O) groups is 1. The number of nitrogens with zero attached hydrogens (tertiary/aromatic N) is 2. The van der Waals surface area contributed by atoms with Crippen molar-refractivity contribution in [2.75, 3.05) is 13.1 Å². The van der Waals surface area contributed by atoms with Gasteiger partial charge in [0.15, 0.2) is 0 Å². The number of rotatable bonds is 4. The second-order valence-corrected chi connectivity index (χ2v) is 8.41. The zero-order valence-electron chi connectivity index (χ0n) is 14.5. The smallest absolute Gasteiger partial charge is 0.219 e. The number of thiazole rings is 1. The van der Waals surface area contributed by atoms with Crippen molar-refractivity contribution in [1.82, 2.24) is 15.2 Å². The van der Waals surface area contributed by atoms with Gasteiger partial charge in [0, 0.05) is 49.1 Å². The van der Waals surface area contributed by atoms with E-state index in [0.717, 1.165) is 32.5 Å². The van der Waals surface area contributed by atoms with E-state index in [1.54, 1.807) is 18.3 Å². The summed E-state index contributed by atoms with van der Waals surface area (Å²) in [6, 6.07) is 0.501. The van der Waals surface area contributed by atoms with E-state index in [9.17, 15) is 4.79 Å². The van der Waals surface area contributed by atoms with Gasteiger partial charge in [0.05, 0.1) is 5.01 Å². The van der Waals surface area contributed by atoms with Gasteiger partial charge >= 0.3 is 0 Å². The summed E-state index contributed by atoms with van der Waals surface area (Å²) in [4.78, 5) is 19.4. The van der Waals surface area contributed by atoms with E-state index >= 15 is 0 Å². The summed E-state index contributed by atoms with van der Waals surface area (Å²) < 4.78 is 0. The summed E-state index contributed by atoms with van der Waals surface area (Å²) >= 11 is 1.80. The van der Waals surface area contributed by atoms with Crippen molar-refractivity contribution < 1.29 is 4.79 Å². The Balaban J connectivity index is 1.91. The van der Waals surface area contributed by atoms with Crippen LogP contribution >= 0.6 is 11.3 Å². The Bertz CT molecular complexity index is 506. The van der Waals surface area contributed by atoms with Crippen LogP contribution < -0.4 is 5.32 Å². The maximum atomic E-state index is 11.5. The monoisotopic (exact) mass is 323 g/mol. The molecule has 5 heteroatoms. The molecule has 1 amide bonds. The van der Waals surface area contributed by atoms with Crippen molar-refractivity contribution in [3.63, 3.8) is 0 Å². The molecule has 2 atom stereocenters. The fourth-order valence-electron chi connectivity index (χ4n) is 2.97. The largest absolute Gasteiger partial charge is 0.343 e. The molecule has 0 saturated carbocycles. The molecule has 0 spiro atoms. The molecular formula is C17H29N3OS. The molecule has 1 aliphatic heterocycles. The first-order valence-electron chi connectivity index (χ1n) is 8.25. The van der Waals surface area contributed by atoms with Crippen LogP contribution in [0.2, 0.25) is 0 Å². The molecule has 1 fully saturated rings. The lowest BCUT2D eigenvalue weighted by atomic mass is 9.90. The highest BCUT2D eigenvalue weighted by atomic mass is 32.1. The van der Waals surface area contributed by atoms with Crippen LogP contribution in [0.5, 0.6) is 0 Å². The lowest BCUT2D eigenvalue weighted by Gasteiger charge is -2.38. The van der Waals surface area contributed by atoms with Crippen molar-refractivity contribution in [3.8, 4) is 0 Å². The van der Waals surface area contributed by atoms with Gasteiger partial charge in [-0.25, -0.2) is 4.98 Å². The Morgan fingerprint density at radius 1 is 1.50 bits per heavy atom. The Labute approximate surface area is 138 Å². The number of hydrogen-bond donors (Lipinski definition) is 1. The van der Waals surface area contributed by atoms with E-state index in [2.05, 4.69) is 38.0 Å². The van der Waals surface area contributed by atoms with Crippen LogP contribution in [0.25, 0.3) is 0 Å². The van der Waals surface area contributed by atoms with Gasteiger partial charge in [-0.05, 0) is 12.3 Å². The highest BCUT2D eigenvalue weighted by Crippen LogP contribution is 2.27. The highest BCUT2D eigenvalue weighted by molar-refractivity contribution is 7.11. The molecule has 0 aromatic carbocycles. The van der Waals surface area contributed by atoms with Crippen LogP contribution in [0, 0.1) is 5.92 Å². The van der Waals surface area contributed by atoms with Crippen molar-refractivity contribution in [2.45, 2.75) is 65.5 Å². The molecule has 0 unspecified atom stereocenters. The molecule has 1 aliphatic rings. The maximum absolute atomic E-state index is 11.5. The lowest BCUT2D eigenvalue weighted by Crippen LogP contribution is -2.50. The number of likely N-dealkylation sites (tertiary alicyclic amines) is 1. The van der Waals surface area contributed by atoms with Crippen molar-refractivity contribution in [3.05, 3.63) is 16.1 Å². The average Bonchev–Trinajstić information content (AvgIpc) is 2.93. The summed E-state index contributed by atoms with van der Waals surface area (Å²) in [6.07, 6.45) is 4.16. The van der Waals surface area contributed by atoms with Gasteiger partial charge in [0.2, 0.25) is 5.91 Å². The summed E-state index contributed by atoms with van der Waals surface area (Å²) in [5.74, 6) is 0.752. The fraction of sp³-hybridized carbons (Fsp3) is 0.765. The second-order valence-electron chi connectivity index (χ2n) is 7.29. The molecule has 0 radical (unpaired) electrons. The third-order valence-electron chi connectivity index (χ3n) is 4.44. The maximum Gasteiger partial charge on any atom is 0.219 e. The van der Waals surface area contributed by atoms with Crippen LogP contribution in [0.4, 0.5) is 0 Å². The molecular weight excluding hydrogens is 294 g/mol. The predicted molar refractivity (Wildman–Crippen MR) is 92.1 cm³/mol. The lowest BCUT2D eigenvalue weighted by molar-refractivity contribution is -0.131. The minimum Gasteiger partial charge on any atom is -0.343 e. The molecule has 1 aromatic heterocycles. The highest BCUT2D eigenvalue weighted by Gasteiger charge is 2.29. The molecule has 2 heterocycles. The zero-order valence-corrected chi connectivity index (χ0v) is 15.3. The molecule has 1 N–H and O–H groups in total. The zero-order chi connectivity index (χ0) is 16.3.